The number of nitrogens with zero attached hydrogens (tertiary/aromatic N) is 1. The van der Waals surface area contributed by atoms with Crippen LogP contribution in [0.5, 0.6) is 0 Å². The van der Waals surface area contributed by atoms with E-state index in [4.69, 9.17) is 0 Å². The van der Waals surface area contributed by atoms with E-state index in [9.17, 15) is 0 Å². The summed E-state index contributed by atoms with van der Waals surface area (Å²) >= 11 is 4.29. The Labute approximate surface area is 100 Å². The number of para-hydroxylation sites is 1. The zero-order valence-electron chi connectivity index (χ0n) is 7.86. The van der Waals surface area contributed by atoms with Gasteiger partial charge < -0.3 is 1.43 Å². The second kappa shape index (κ2) is 4.28. The first-order valence-electron chi connectivity index (χ1n) is 3.40. The average molecular weight is 185 g/mol. The number of pyridine rings is 1. The second-order valence-electron chi connectivity index (χ2n) is 2.35. The van der Waals surface area contributed by atoms with E-state index in [1.54, 1.807) is 6.20 Å². The van der Waals surface area contributed by atoms with Crippen LogP contribution in [0.4, 0.5) is 0 Å². The van der Waals surface area contributed by atoms with Crippen molar-refractivity contribution in [2.45, 2.75) is 4.90 Å². The summed E-state index contributed by atoms with van der Waals surface area (Å²) in [5.74, 6) is 0. The Morgan fingerprint density at radius 2 is 1.92 bits per heavy atom. The molecule has 1 nitrogen and oxygen atoms in total. The smallest absolute Gasteiger partial charge is 1.00 e. The van der Waals surface area contributed by atoms with E-state index in [1.165, 1.54) is 0 Å². The molecule has 0 amide bonds. The zero-order chi connectivity index (χ0) is 7.68. The van der Waals surface area contributed by atoms with Gasteiger partial charge in [0, 0.05) is 16.5 Å². The van der Waals surface area contributed by atoms with Gasteiger partial charge in [0.2, 0.25) is 0 Å². The van der Waals surface area contributed by atoms with Gasteiger partial charge in [-0.15, -0.1) is 12.6 Å². The molecule has 0 aliphatic carbocycles. The molecule has 0 saturated carbocycles. The summed E-state index contributed by atoms with van der Waals surface area (Å²) in [6.45, 7) is 0. The molecule has 12 heavy (non-hydrogen) atoms. The molecule has 56 valence electrons. The van der Waals surface area contributed by atoms with Crippen LogP contribution in [0.1, 0.15) is 1.43 Å². The van der Waals surface area contributed by atoms with Gasteiger partial charge in [-0.05, 0) is 12.1 Å². The summed E-state index contributed by atoms with van der Waals surface area (Å²) < 4.78 is 0. The normalized spacial score (nSPS) is 9.42. The predicted octanol–water partition coefficient (Wildman–Crippen LogP) is -0.360. The molecule has 0 bridgehead atoms. The Hall–Kier alpha value is -0.0200. The van der Waals surface area contributed by atoms with E-state index >= 15 is 0 Å². The van der Waals surface area contributed by atoms with Crippen LogP contribution < -0.4 is 29.6 Å². The molecular weight excluding hydrogens is 177 g/mol. The van der Waals surface area contributed by atoms with Crippen molar-refractivity contribution < 1.29 is 31.0 Å². The van der Waals surface area contributed by atoms with Crippen LogP contribution in [0, 0.1) is 0 Å². The van der Waals surface area contributed by atoms with Crippen molar-refractivity contribution in [1.29, 1.82) is 0 Å². The molecule has 0 fully saturated rings. The van der Waals surface area contributed by atoms with E-state index in [-0.39, 0.29) is 31.0 Å². The largest absolute Gasteiger partial charge is 1.00 e. The van der Waals surface area contributed by atoms with Crippen molar-refractivity contribution in [3.8, 4) is 0 Å². The summed E-state index contributed by atoms with van der Waals surface area (Å²) in [5, 5.41) is 1.14. The predicted molar refractivity (Wildman–Crippen MR) is 50.1 cm³/mol. The fourth-order valence-electron chi connectivity index (χ4n) is 1.09. The van der Waals surface area contributed by atoms with Crippen molar-refractivity contribution in [2.75, 3.05) is 0 Å². The quantitative estimate of drug-likeness (QED) is 0.437. The van der Waals surface area contributed by atoms with Crippen molar-refractivity contribution in [1.82, 2.24) is 4.98 Å². The van der Waals surface area contributed by atoms with Crippen LogP contribution in [-0.2, 0) is 0 Å². The van der Waals surface area contributed by atoms with Crippen LogP contribution in [0.3, 0.4) is 0 Å². The molecule has 2 aromatic rings. The minimum Gasteiger partial charge on any atom is -1.00 e. The van der Waals surface area contributed by atoms with E-state index in [2.05, 4.69) is 17.6 Å². The van der Waals surface area contributed by atoms with Crippen molar-refractivity contribution in [3.05, 3.63) is 36.5 Å². The summed E-state index contributed by atoms with van der Waals surface area (Å²) in [6, 6.07) is 9.91. The van der Waals surface area contributed by atoms with Gasteiger partial charge in [0.15, 0.2) is 0 Å². The van der Waals surface area contributed by atoms with Crippen LogP contribution in [0.25, 0.3) is 10.9 Å². The minimum atomic E-state index is 0. The van der Waals surface area contributed by atoms with Gasteiger partial charge in [-0.25, -0.2) is 0 Å². The van der Waals surface area contributed by atoms with Gasteiger partial charge in [-0.2, -0.15) is 0 Å². The molecule has 0 N–H and O–H groups in total. The Kier molecular flexibility index (Phi) is 3.59. The molecule has 3 heteroatoms. The fraction of sp³-hybridized carbons (Fsp3) is 0. The summed E-state index contributed by atoms with van der Waals surface area (Å²) in [5.41, 5.74) is 0.971. The molecular formula is C9H8NNaS. The standard InChI is InChI=1S/C9H7NS.Na.H/c11-8-5-1-3-7-4-2-6-10-9(7)8;;/h1-6,11H;;/q;+1;-1. The Balaban J connectivity index is 0.000000720. The topological polar surface area (TPSA) is 12.9 Å². The molecule has 0 atom stereocenters. The maximum atomic E-state index is 4.29. The third-order valence-electron chi connectivity index (χ3n) is 1.61. The number of fused-ring (bicyclic) bond motifs is 1. The molecule has 0 spiro atoms. The Morgan fingerprint density at radius 3 is 2.67 bits per heavy atom. The molecule has 0 saturated heterocycles. The SMILES string of the molecule is Sc1cccc2cccnc12.[H-].[Na+]. The first-order valence-corrected chi connectivity index (χ1v) is 3.85. The second-order valence-corrected chi connectivity index (χ2v) is 2.83. The Morgan fingerprint density at radius 1 is 1.17 bits per heavy atom. The van der Waals surface area contributed by atoms with Crippen LogP contribution in [0.15, 0.2) is 41.4 Å². The van der Waals surface area contributed by atoms with Gasteiger partial charge in [-0.1, -0.05) is 18.2 Å². The van der Waals surface area contributed by atoms with E-state index in [0.717, 1.165) is 15.8 Å². The molecule has 0 unspecified atom stereocenters. The number of rotatable bonds is 0. The van der Waals surface area contributed by atoms with Crippen LogP contribution >= 0.6 is 12.6 Å². The maximum Gasteiger partial charge on any atom is 1.00 e. The molecule has 0 aliphatic rings. The number of hydrogen-bond donors (Lipinski definition) is 1. The first kappa shape index (κ1) is 10.1. The zero-order valence-corrected chi connectivity index (χ0v) is 9.75. The molecule has 1 heterocycles. The van der Waals surface area contributed by atoms with Gasteiger partial charge in [0.25, 0.3) is 0 Å². The number of aromatic nitrogens is 1. The van der Waals surface area contributed by atoms with E-state index in [0.29, 0.717) is 0 Å². The first-order chi connectivity index (χ1) is 5.38. The van der Waals surface area contributed by atoms with E-state index < -0.39 is 0 Å². The molecule has 0 aliphatic heterocycles. The molecule has 2 rings (SSSR count). The van der Waals surface area contributed by atoms with Gasteiger partial charge in [0.1, 0.15) is 0 Å². The number of thiol groups is 1. The van der Waals surface area contributed by atoms with Gasteiger partial charge in [0.05, 0.1) is 5.52 Å². The third-order valence-corrected chi connectivity index (χ3v) is 1.97. The van der Waals surface area contributed by atoms with Gasteiger partial charge >= 0.3 is 29.6 Å². The summed E-state index contributed by atoms with van der Waals surface area (Å²) in [4.78, 5) is 5.14. The van der Waals surface area contributed by atoms with Crippen LogP contribution in [0.2, 0.25) is 0 Å². The maximum absolute atomic E-state index is 4.29. The minimum absolute atomic E-state index is 0. The summed E-state index contributed by atoms with van der Waals surface area (Å²) in [6.07, 6.45) is 1.78. The van der Waals surface area contributed by atoms with Crippen LogP contribution in [-0.4, -0.2) is 4.98 Å². The van der Waals surface area contributed by atoms with Crippen molar-refractivity contribution in [2.24, 2.45) is 0 Å². The molecule has 0 radical (unpaired) electrons. The average Bonchev–Trinajstić information content (AvgIpc) is 2.06. The fourth-order valence-corrected chi connectivity index (χ4v) is 1.36. The molecule has 1 aromatic heterocycles. The van der Waals surface area contributed by atoms with Gasteiger partial charge in [-0.3, -0.25) is 4.98 Å². The monoisotopic (exact) mass is 185 g/mol. The number of hydrogen-bond acceptors (Lipinski definition) is 2. The molecule has 1 aromatic carbocycles. The van der Waals surface area contributed by atoms with Crippen molar-refractivity contribution >= 4 is 23.5 Å². The van der Waals surface area contributed by atoms with Crippen molar-refractivity contribution in [3.63, 3.8) is 0 Å². The summed E-state index contributed by atoms with van der Waals surface area (Å²) in [7, 11) is 0. The number of benzene rings is 1. The third kappa shape index (κ3) is 1.83. The van der Waals surface area contributed by atoms with E-state index in [1.807, 2.05) is 30.3 Å². The Bertz CT molecular complexity index is 389.